The van der Waals surface area contributed by atoms with Crippen LogP contribution in [0.5, 0.6) is 0 Å². The van der Waals surface area contributed by atoms with E-state index in [0.29, 0.717) is 5.56 Å². The third kappa shape index (κ3) is 4.47. The molecule has 1 aromatic heterocycles. The largest absolute Gasteiger partial charge is 0.451 e. The van der Waals surface area contributed by atoms with Crippen LogP contribution in [0, 0.1) is 24.0 Å². The Morgan fingerprint density at radius 3 is 2.58 bits per heavy atom. The van der Waals surface area contributed by atoms with Crippen LogP contribution in [-0.2, 0) is 9.53 Å². The lowest BCUT2D eigenvalue weighted by molar-refractivity contribution is -0.384. The van der Waals surface area contributed by atoms with E-state index in [0.717, 1.165) is 5.56 Å². The molecule has 2 aromatic rings. The zero-order chi connectivity index (χ0) is 19.4. The third-order valence-corrected chi connectivity index (χ3v) is 4.03. The Balaban J connectivity index is 2.10. The fraction of sp³-hybridized carbons (Fsp3) is 0.188. The van der Waals surface area contributed by atoms with Crippen LogP contribution in [0.2, 0.25) is 10.2 Å². The zero-order valence-corrected chi connectivity index (χ0v) is 15.2. The minimum absolute atomic E-state index is 0.0185. The average Bonchev–Trinajstić information content (AvgIpc) is 2.58. The zero-order valence-electron chi connectivity index (χ0n) is 13.7. The fourth-order valence-electron chi connectivity index (χ4n) is 2.05. The lowest BCUT2D eigenvalue weighted by atomic mass is 10.1. The van der Waals surface area contributed by atoms with Gasteiger partial charge in [0.2, 0.25) is 0 Å². The van der Waals surface area contributed by atoms with E-state index in [4.69, 9.17) is 27.9 Å². The molecular weight excluding hydrogens is 385 g/mol. The number of ether oxygens (including phenoxy) is 1. The van der Waals surface area contributed by atoms with Crippen molar-refractivity contribution in [2.75, 3.05) is 11.9 Å². The topological polar surface area (TPSA) is 111 Å². The molecule has 8 nitrogen and oxygen atoms in total. The number of rotatable bonds is 5. The number of pyridine rings is 1. The third-order valence-electron chi connectivity index (χ3n) is 3.51. The van der Waals surface area contributed by atoms with Crippen LogP contribution in [0.1, 0.15) is 21.6 Å². The summed E-state index contributed by atoms with van der Waals surface area (Å²) in [6.07, 6.45) is 0. The second kappa shape index (κ2) is 8.11. The van der Waals surface area contributed by atoms with Gasteiger partial charge >= 0.3 is 5.97 Å². The number of amides is 1. The summed E-state index contributed by atoms with van der Waals surface area (Å²) < 4.78 is 4.84. The molecule has 0 bridgehead atoms. The summed E-state index contributed by atoms with van der Waals surface area (Å²) in [6.45, 7) is 2.72. The molecule has 10 heteroatoms. The Morgan fingerprint density at radius 1 is 1.23 bits per heavy atom. The van der Waals surface area contributed by atoms with Crippen molar-refractivity contribution < 1.29 is 19.2 Å². The minimum atomic E-state index is -0.942. The number of anilines is 1. The van der Waals surface area contributed by atoms with Crippen molar-refractivity contribution in [1.29, 1.82) is 0 Å². The lowest BCUT2D eigenvalue weighted by Gasteiger charge is -2.11. The number of aryl methyl sites for hydroxylation is 1. The maximum absolute atomic E-state index is 12.0. The van der Waals surface area contributed by atoms with E-state index in [1.54, 1.807) is 19.9 Å². The SMILES string of the molecule is Cc1ccc([N+](=O)[O-])c(NC(=O)COC(=O)c2nc(Cl)ccc2Cl)c1C. The van der Waals surface area contributed by atoms with Crippen molar-refractivity contribution in [1.82, 2.24) is 4.98 Å². The first-order valence-corrected chi connectivity index (χ1v) is 8.00. The molecule has 1 amide bonds. The molecule has 0 spiro atoms. The molecule has 0 saturated carbocycles. The summed E-state index contributed by atoms with van der Waals surface area (Å²) in [5.74, 6) is -1.68. The van der Waals surface area contributed by atoms with Crippen molar-refractivity contribution in [3.63, 3.8) is 0 Å². The van der Waals surface area contributed by atoms with Gasteiger partial charge in [-0.05, 0) is 37.1 Å². The van der Waals surface area contributed by atoms with E-state index in [2.05, 4.69) is 10.3 Å². The molecule has 0 aliphatic heterocycles. The van der Waals surface area contributed by atoms with Crippen LogP contribution in [-0.4, -0.2) is 28.4 Å². The molecule has 0 atom stereocenters. The molecule has 0 aliphatic carbocycles. The number of esters is 1. The average molecular weight is 398 g/mol. The number of nitro groups is 1. The Morgan fingerprint density at radius 2 is 1.92 bits per heavy atom. The number of halogens is 2. The molecule has 1 N–H and O–H groups in total. The summed E-state index contributed by atoms with van der Waals surface area (Å²) in [7, 11) is 0. The first-order valence-electron chi connectivity index (χ1n) is 7.24. The molecule has 1 heterocycles. The van der Waals surface area contributed by atoms with Crippen molar-refractivity contribution in [2.45, 2.75) is 13.8 Å². The van der Waals surface area contributed by atoms with E-state index < -0.39 is 23.4 Å². The number of nitrogens with zero attached hydrogens (tertiary/aromatic N) is 2. The Labute approximate surface area is 158 Å². The Kier molecular flexibility index (Phi) is 6.12. The molecule has 0 aliphatic rings. The lowest BCUT2D eigenvalue weighted by Crippen LogP contribution is -2.22. The number of benzene rings is 1. The van der Waals surface area contributed by atoms with Crippen LogP contribution in [0.25, 0.3) is 0 Å². The monoisotopic (exact) mass is 397 g/mol. The quantitative estimate of drug-likeness (QED) is 0.356. The fourth-order valence-corrected chi connectivity index (χ4v) is 2.38. The highest BCUT2D eigenvalue weighted by molar-refractivity contribution is 6.34. The van der Waals surface area contributed by atoms with Gasteiger partial charge in [-0.15, -0.1) is 0 Å². The highest BCUT2D eigenvalue weighted by Crippen LogP contribution is 2.30. The molecular formula is C16H13Cl2N3O5. The van der Waals surface area contributed by atoms with E-state index in [1.807, 2.05) is 0 Å². The molecule has 0 unspecified atom stereocenters. The van der Waals surface area contributed by atoms with Gasteiger partial charge in [0.25, 0.3) is 11.6 Å². The van der Waals surface area contributed by atoms with E-state index in [9.17, 15) is 19.7 Å². The second-order valence-corrected chi connectivity index (χ2v) is 6.04. The normalized spacial score (nSPS) is 10.3. The highest BCUT2D eigenvalue weighted by Gasteiger charge is 2.21. The van der Waals surface area contributed by atoms with Crippen LogP contribution in [0.3, 0.4) is 0 Å². The molecule has 0 radical (unpaired) electrons. The van der Waals surface area contributed by atoms with Crippen molar-refractivity contribution >= 4 is 46.5 Å². The predicted octanol–water partition coefficient (Wildman–Crippen LogP) is 3.71. The molecule has 2 rings (SSSR count). The number of aromatic nitrogens is 1. The number of carbonyl (C=O) groups excluding carboxylic acids is 2. The van der Waals surface area contributed by atoms with Crippen LogP contribution in [0.15, 0.2) is 24.3 Å². The first-order chi connectivity index (χ1) is 12.2. The first kappa shape index (κ1) is 19.6. The van der Waals surface area contributed by atoms with E-state index >= 15 is 0 Å². The van der Waals surface area contributed by atoms with Gasteiger partial charge in [0.15, 0.2) is 12.3 Å². The van der Waals surface area contributed by atoms with Crippen molar-refractivity contribution in [2.24, 2.45) is 0 Å². The highest BCUT2D eigenvalue weighted by atomic mass is 35.5. The Hall–Kier alpha value is -2.71. The van der Waals surface area contributed by atoms with E-state index in [-0.39, 0.29) is 27.2 Å². The smallest absolute Gasteiger partial charge is 0.359 e. The van der Waals surface area contributed by atoms with Gasteiger partial charge in [-0.3, -0.25) is 14.9 Å². The molecule has 0 fully saturated rings. The van der Waals surface area contributed by atoms with Gasteiger partial charge < -0.3 is 10.1 Å². The van der Waals surface area contributed by atoms with Gasteiger partial charge in [0.05, 0.1) is 9.95 Å². The standard InChI is InChI=1S/C16H13Cl2N3O5/c1-8-3-5-11(21(24)25)14(9(8)2)20-13(22)7-26-16(23)15-10(17)4-6-12(18)19-15/h3-6H,7H2,1-2H3,(H,20,22). The van der Waals surface area contributed by atoms with E-state index in [1.165, 1.54) is 18.2 Å². The predicted molar refractivity (Wildman–Crippen MR) is 95.7 cm³/mol. The summed E-state index contributed by atoms with van der Waals surface area (Å²) in [5, 5.41) is 13.6. The van der Waals surface area contributed by atoms with Gasteiger partial charge in [-0.2, -0.15) is 0 Å². The van der Waals surface area contributed by atoms with Crippen molar-refractivity contribution in [3.05, 3.63) is 61.4 Å². The number of nitro benzene ring substituents is 1. The number of nitrogens with one attached hydrogen (secondary N) is 1. The van der Waals surface area contributed by atoms with Gasteiger partial charge in [-0.25, -0.2) is 9.78 Å². The van der Waals surface area contributed by atoms with Gasteiger partial charge in [0.1, 0.15) is 10.8 Å². The Bertz CT molecular complexity index is 902. The number of hydrogen-bond acceptors (Lipinski definition) is 6. The molecule has 26 heavy (non-hydrogen) atoms. The minimum Gasteiger partial charge on any atom is -0.451 e. The molecule has 0 saturated heterocycles. The van der Waals surface area contributed by atoms with Gasteiger partial charge in [-0.1, -0.05) is 29.3 Å². The summed E-state index contributed by atoms with van der Waals surface area (Å²) in [6, 6.07) is 5.63. The number of hydrogen-bond donors (Lipinski definition) is 1. The maximum atomic E-state index is 12.0. The summed E-state index contributed by atoms with van der Waals surface area (Å²) in [5.41, 5.74) is 0.864. The summed E-state index contributed by atoms with van der Waals surface area (Å²) in [4.78, 5) is 38.3. The molecule has 136 valence electrons. The maximum Gasteiger partial charge on any atom is 0.359 e. The van der Waals surface area contributed by atoms with Crippen molar-refractivity contribution in [3.8, 4) is 0 Å². The van der Waals surface area contributed by atoms with Crippen LogP contribution < -0.4 is 5.32 Å². The molecule has 1 aromatic carbocycles. The van der Waals surface area contributed by atoms with Crippen LogP contribution >= 0.6 is 23.2 Å². The van der Waals surface area contributed by atoms with Gasteiger partial charge in [0, 0.05) is 6.07 Å². The summed E-state index contributed by atoms with van der Waals surface area (Å²) >= 11 is 11.5. The second-order valence-electron chi connectivity index (χ2n) is 5.25. The van der Waals surface area contributed by atoms with Crippen LogP contribution in [0.4, 0.5) is 11.4 Å². The number of carbonyl (C=O) groups is 2.